The number of carbonyl (C=O) groups is 1. The van der Waals surface area contributed by atoms with E-state index in [1.54, 1.807) is 16.7 Å². The first kappa shape index (κ1) is 15.9. The van der Waals surface area contributed by atoms with Crippen LogP contribution in [0.2, 0.25) is 0 Å². The smallest absolute Gasteiger partial charge is 0.230 e. The molecular weight excluding hydrogens is 293 g/mol. The number of carbonyl (C=O) groups excluding carboxylic acids is 1. The van der Waals surface area contributed by atoms with Crippen LogP contribution in [0.1, 0.15) is 13.3 Å². The molecule has 1 fully saturated rings. The number of nitrogens with one attached hydrogen (secondary N) is 2. The Hall–Kier alpha value is 0.870. The highest BCUT2D eigenvalue weighted by Crippen LogP contribution is 2.35. The van der Waals surface area contributed by atoms with E-state index in [1.807, 2.05) is 13.2 Å². The van der Waals surface area contributed by atoms with Gasteiger partial charge >= 0.3 is 0 Å². The predicted octanol–water partition coefficient (Wildman–Crippen LogP) is 0.984. The Morgan fingerprint density at radius 2 is 2.41 bits per heavy atom. The van der Waals surface area contributed by atoms with Crippen LogP contribution < -0.4 is 10.0 Å². The molecule has 1 amide bonds. The SMILES string of the molecule is CSC(C)(S)N1CNC(P)C(CCNS)C1=O. The van der Waals surface area contributed by atoms with Crippen molar-refractivity contribution >= 4 is 52.4 Å². The van der Waals surface area contributed by atoms with Crippen molar-refractivity contribution in [3.05, 3.63) is 0 Å². The molecule has 0 bridgehead atoms. The first-order valence-electron chi connectivity index (χ1n) is 5.39. The number of thiol groups is 2. The molecule has 8 heteroatoms. The number of hydrogen-bond donors (Lipinski definition) is 4. The van der Waals surface area contributed by atoms with Crippen LogP contribution in [-0.2, 0) is 4.79 Å². The second kappa shape index (κ2) is 6.87. The zero-order chi connectivity index (χ0) is 13.1. The Labute approximate surface area is 121 Å². The van der Waals surface area contributed by atoms with E-state index in [2.05, 4.69) is 44.7 Å². The highest BCUT2D eigenvalue weighted by atomic mass is 32.2. The second-order valence-electron chi connectivity index (χ2n) is 4.10. The molecule has 0 aromatic heterocycles. The van der Waals surface area contributed by atoms with Gasteiger partial charge in [-0.1, -0.05) is 12.8 Å². The molecule has 1 aliphatic rings. The summed E-state index contributed by atoms with van der Waals surface area (Å²) in [6.45, 7) is 3.19. The summed E-state index contributed by atoms with van der Waals surface area (Å²) in [5.41, 5.74) is 0. The maximum absolute atomic E-state index is 12.4. The molecule has 0 radical (unpaired) electrons. The molecule has 1 rings (SSSR count). The summed E-state index contributed by atoms with van der Waals surface area (Å²) >= 11 is 10.1. The van der Waals surface area contributed by atoms with Gasteiger partial charge in [-0.3, -0.25) is 14.8 Å². The van der Waals surface area contributed by atoms with Crippen LogP contribution in [0, 0.1) is 5.92 Å². The topological polar surface area (TPSA) is 44.4 Å². The number of amides is 1. The standard InChI is InChI=1S/C9H20N3OPS3/c1-9(15,17-2)12-5-10-7(14)6(8(12)13)3-4-11-16/h6-7,10-11,15-16H,3-5,14H2,1-2H3. The molecule has 4 atom stereocenters. The van der Waals surface area contributed by atoms with E-state index in [0.717, 1.165) is 6.42 Å². The average Bonchev–Trinajstić information content (AvgIpc) is 2.28. The first-order chi connectivity index (χ1) is 7.94. The summed E-state index contributed by atoms with van der Waals surface area (Å²) in [5.74, 6) is 0.220. The Kier molecular flexibility index (Phi) is 6.44. The fourth-order valence-corrected chi connectivity index (χ4v) is 2.89. The second-order valence-corrected chi connectivity index (χ2v) is 7.51. The third-order valence-corrected chi connectivity index (χ3v) is 5.66. The van der Waals surface area contributed by atoms with Gasteiger partial charge in [-0.2, -0.15) is 0 Å². The van der Waals surface area contributed by atoms with Gasteiger partial charge in [-0.25, -0.2) is 0 Å². The van der Waals surface area contributed by atoms with Crippen LogP contribution in [0.3, 0.4) is 0 Å². The van der Waals surface area contributed by atoms with Crippen molar-refractivity contribution in [2.24, 2.45) is 5.92 Å². The van der Waals surface area contributed by atoms with Crippen molar-refractivity contribution in [1.29, 1.82) is 0 Å². The predicted molar refractivity (Wildman–Crippen MR) is 84.3 cm³/mol. The number of rotatable bonds is 5. The van der Waals surface area contributed by atoms with Crippen molar-refractivity contribution in [3.8, 4) is 0 Å². The van der Waals surface area contributed by atoms with Crippen LogP contribution in [0.25, 0.3) is 0 Å². The maximum atomic E-state index is 12.4. The average molecular weight is 313 g/mol. The minimum atomic E-state index is -0.471. The maximum Gasteiger partial charge on any atom is 0.230 e. The van der Waals surface area contributed by atoms with Crippen LogP contribution >= 0.6 is 46.4 Å². The summed E-state index contributed by atoms with van der Waals surface area (Å²) in [6.07, 6.45) is 2.72. The summed E-state index contributed by atoms with van der Waals surface area (Å²) in [6, 6.07) is 0. The van der Waals surface area contributed by atoms with Crippen molar-refractivity contribution in [1.82, 2.24) is 14.9 Å². The molecule has 100 valence electrons. The van der Waals surface area contributed by atoms with E-state index in [9.17, 15) is 4.79 Å². The quantitative estimate of drug-likeness (QED) is 0.347. The van der Waals surface area contributed by atoms with Gasteiger partial charge in [0.1, 0.15) is 4.20 Å². The molecular formula is C9H20N3OPS3. The molecule has 1 saturated heterocycles. The zero-order valence-electron chi connectivity index (χ0n) is 10.0. The first-order valence-corrected chi connectivity index (χ1v) is 8.17. The molecule has 0 aromatic carbocycles. The third kappa shape index (κ3) is 3.91. The lowest BCUT2D eigenvalue weighted by molar-refractivity contribution is -0.140. The fraction of sp³-hybridized carbons (Fsp3) is 0.889. The van der Waals surface area contributed by atoms with Gasteiger partial charge in [-0.15, -0.1) is 33.6 Å². The molecule has 2 N–H and O–H groups in total. The third-order valence-electron chi connectivity index (χ3n) is 2.96. The summed E-state index contributed by atoms with van der Waals surface area (Å²) in [7, 11) is 2.69. The molecule has 0 saturated carbocycles. The molecule has 4 nitrogen and oxygen atoms in total. The van der Waals surface area contributed by atoms with Gasteiger partial charge in [-0.05, 0) is 19.6 Å². The van der Waals surface area contributed by atoms with Crippen molar-refractivity contribution in [2.45, 2.75) is 23.3 Å². The van der Waals surface area contributed by atoms with Gasteiger partial charge in [0.15, 0.2) is 0 Å². The zero-order valence-corrected chi connectivity index (χ0v) is 13.8. The summed E-state index contributed by atoms with van der Waals surface area (Å²) in [4.78, 5) is 14.2. The van der Waals surface area contributed by atoms with E-state index in [1.165, 1.54) is 0 Å². The molecule has 17 heavy (non-hydrogen) atoms. The molecule has 0 aromatic rings. The van der Waals surface area contributed by atoms with Gasteiger partial charge in [0.25, 0.3) is 0 Å². The highest BCUT2D eigenvalue weighted by Gasteiger charge is 2.40. The molecule has 4 unspecified atom stereocenters. The summed E-state index contributed by atoms with van der Waals surface area (Å²) < 4.78 is 2.32. The van der Waals surface area contributed by atoms with Gasteiger partial charge < -0.3 is 4.90 Å². The lowest BCUT2D eigenvalue weighted by Crippen LogP contribution is -2.59. The van der Waals surface area contributed by atoms with Gasteiger partial charge in [0, 0.05) is 12.3 Å². The Morgan fingerprint density at radius 1 is 1.76 bits per heavy atom. The van der Waals surface area contributed by atoms with Crippen LogP contribution in [0.4, 0.5) is 0 Å². The normalized spacial score (nSPS) is 29.2. The monoisotopic (exact) mass is 313 g/mol. The minimum absolute atomic E-state index is 0.0491. The number of nitrogens with zero attached hydrogens (tertiary/aromatic N) is 1. The van der Waals surface area contributed by atoms with E-state index in [4.69, 9.17) is 0 Å². The van der Waals surface area contributed by atoms with Crippen molar-refractivity contribution in [2.75, 3.05) is 19.5 Å². The highest BCUT2D eigenvalue weighted by molar-refractivity contribution is 8.11. The summed E-state index contributed by atoms with van der Waals surface area (Å²) in [5, 5.41) is 3.32. The number of thioether (sulfide) groups is 1. The molecule has 1 aliphatic heterocycles. The van der Waals surface area contributed by atoms with Crippen molar-refractivity contribution < 1.29 is 4.79 Å². The van der Waals surface area contributed by atoms with E-state index in [-0.39, 0.29) is 17.6 Å². The lowest BCUT2D eigenvalue weighted by Gasteiger charge is -2.44. The molecule has 0 spiro atoms. The van der Waals surface area contributed by atoms with Crippen LogP contribution in [-0.4, -0.2) is 40.3 Å². The van der Waals surface area contributed by atoms with Crippen molar-refractivity contribution in [3.63, 3.8) is 0 Å². The van der Waals surface area contributed by atoms with Crippen LogP contribution in [0.15, 0.2) is 0 Å². The van der Waals surface area contributed by atoms with Crippen LogP contribution in [0.5, 0.6) is 0 Å². The Balaban J connectivity index is 2.75. The van der Waals surface area contributed by atoms with E-state index in [0.29, 0.717) is 13.2 Å². The van der Waals surface area contributed by atoms with E-state index < -0.39 is 4.20 Å². The lowest BCUT2D eigenvalue weighted by atomic mass is 10.0. The Bertz CT molecular complexity index is 280. The minimum Gasteiger partial charge on any atom is -0.306 e. The fourth-order valence-electron chi connectivity index (χ4n) is 1.76. The Morgan fingerprint density at radius 3 is 2.94 bits per heavy atom. The van der Waals surface area contributed by atoms with E-state index >= 15 is 0 Å². The molecule has 0 aliphatic carbocycles. The van der Waals surface area contributed by atoms with Gasteiger partial charge in [0.05, 0.1) is 12.6 Å². The largest absolute Gasteiger partial charge is 0.306 e. The van der Waals surface area contributed by atoms with Gasteiger partial charge in [0.2, 0.25) is 5.91 Å². The number of hydrogen-bond acceptors (Lipinski definition) is 6. The molecule has 1 heterocycles.